The van der Waals surface area contributed by atoms with E-state index in [0.717, 1.165) is 16.9 Å². The molecule has 1 nitrogen and oxygen atoms in total. The van der Waals surface area contributed by atoms with Crippen molar-refractivity contribution in [2.75, 3.05) is 0 Å². The number of alkyl halides is 1. The number of benzene rings is 2. The van der Waals surface area contributed by atoms with E-state index in [4.69, 9.17) is 16.3 Å². The maximum absolute atomic E-state index is 13.3. The third-order valence-electron chi connectivity index (χ3n) is 3.00. The summed E-state index contributed by atoms with van der Waals surface area (Å²) in [5.74, 6) is 0.580. The number of aryl methyl sites for hydroxylation is 1. The maximum Gasteiger partial charge on any atom is 0.126 e. The van der Waals surface area contributed by atoms with Gasteiger partial charge in [0.05, 0.1) is 11.5 Å². The van der Waals surface area contributed by atoms with E-state index in [0.29, 0.717) is 5.56 Å². The van der Waals surface area contributed by atoms with Crippen LogP contribution in [0.25, 0.3) is 0 Å². The van der Waals surface area contributed by atoms with Crippen LogP contribution in [0, 0.1) is 12.7 Å². The molecule has 3 heteroatoms. The molecule has 2 rings (SSSR count). The Kier molecular flexibility index (Phi) is 4.66. The predicted molar refractivity (Wildman–Crippen MR) is 81.0 cm³/mol. The highest BCUT2D eigenvalue weighted by Gasteiger charge is 2.13. The van der Waals surface area contributed by atoms with Crippen molar-refractivity contribution < 1.29 is 9.13 Å². The van der Waals surface area contributed by atoms with Crippen LogP contribution in [0.4, 0.5) is 4.39 Å². The van der Waals surface area contributed by atoms with Crippen molar-refractivity contribution in [1.29, 1.82) is 0 Å². The number of hydrogen-bond donors (Lipinski definition) is 0. The quantitative estimate of drug-likeness (QED) is 0.699. The van der Waals surface area contributed by atoms with Crippen LogP contribution in [0.1, 0.15) is 35.9 Å². The third kappa shape index (κ3) is 3.51. The Balaban J connectivity index is 2.28. The first-order chi connectivity index (χ1) is 9.47. The Morgan fingerprint density at radius 1 is 1.05 bits per heavy atom. The topological polar surface area (TPSA) is 9.23 Å². The van der Waals surface area contributed by atoms with Gasteiger partial charge in [-0.15, -0.1) is 11.6 Å². The van der Waals surface area contributed by atoms with Crippen molar-refractivity contribution in [3.8, 4) is 5.75 Å². The molecule has 0 N–H and O–H groups in total. The highest BCUT2D eigenvalue weighted by Crippen LogP contribution is 2.31. The lowest BCUT2D eigenvalue weighted by Gasteiger charge is -2.14. The van der Waals surface area contributed by atoms with Crippen LogP contribution >= 0.6 is 11.6 Å². The molecule has 0 saturated carbocycles. The van der Waals surface area contributed by atoms with Crippen LogP contribution in [0.2, 0.25) is 0 Å². The standard InChI is InChI=1S/C17H18ClFO/c1-11(2)20-15-6-4-5-13(10-15)17(18)14-7-8-16(19)12(3)9-14/h4-11,17H,1-3H3. The minimum absolute atomic E-state index is 0.118. The molecule has 0 aromatic heterocycles. The Morgan fingerprint density at radius 2 is 1.75 bits per heavy atom. The summed E-state index contributed by atoms with van der Waals surface area (Å²) < 4.78 is 19.0. The van der Waals surface area contributed by atoms with Crippen molar-refractivity contribution in [2.45, 2.75) is 32.3 Å². The lowest BCUT2D eigenvalue weighted by atomic mass is 10.0. The first-order valence-electron chi connectivity index (χ1n) is 6.64. The minimum Gasteiger partial charge on any atom is -0.491 e. The number of rotatable bonds is 4. The fourth-order valence-corrected chi connectivity index (χ4v) is 2.31. The molecular weight excluding hydrogens is 275 g/mol. The molecule has 0 radical (unpaired) electrons. The summed E-state index contributed by atoms with van der Waals surface area (Å²) in [6.45, 7) is 5.70. The summed E-state index contributed by atoms with van der Waals surface area (Å²) in [6.07, 6.45) is 0.118. The number of halogens is 2. The Labute approximate surface area is 124 Å². The van der Waals surface area contributed by atoms with Gasteiger partial charge in [0.1, 0.15) is 11.6 Å². The fraction of sp³-hybridized carbons (Fsp3) is 0.294. The van der Waals surface area contributed by atoms with Gasteiger partial charge in [0.2, 0.25) is 0 Å². The normalized spacial score (nSPS) is 12.5. The Morgan fingerprint density at radius 3 is 2.40 bits per heavy atom. The van der Waals surface area contributed by atoms with E-state index in [1.54, 1.807) is 19.1 Å². The zero-order chi connectivity index (χ0) is 14.7. The minimum atomic E-state index is -0.315. The Bertz CT molecular complexity index is 595. The van der Waals surface area contributed by atoms with Crippen LogP contribution in [0.3, 0.4) is 0 Å². The third-order valence-corrected chi connectivity index (χ3v) is 3.50. The summed E-state index contributed by atoms with van der Waals surface area (Å²) in [7, 11) is 0. The second-order valence-electron chi connectivity index (χ2n) is 5.11. The zero-order valence-electron chi connectivity index (χ0n) is 11.9. The highest BCUT2D eigenvalue weighted by atomic mass is 35.5. The first kappa shape index (κ1) is 14.9. The molecule has 0 fully saturated rings. The lowest BCUT2D eigenvalue weighted by Crippen LogP contribution is -2.06. The average Bonchev–Trinajstić information content (AvgIpc) is 2.40. The second-order valence-corrected chi connectivity index (χ2v) is 5.55. The van der Waals surface area contributed by atoms with Crippen LogP contribution in [-0.4, -0.2) is 6.10 Å². The molecule has 0 aliphatic carbocycles. The van der Waals surface area contributed by atoms with Gasteiger partial charge in [-0.1, -0.05) is 24.3 Å². The molecule has 0 saturated heterocycles. The number of hydrogen-bond acceptors (Lipinski definition) is 1. The Hall–Kier alpha value is -1.54. The molecule has 0 aliphatic rings. The SMILES string of the molecule is Cc1cc(C(Cl)c2cccc(OC(C)C)c2)ccc1F. The second kappa shape index (κ2) is 6.27. The fourth-order valence-electron chi connectivity index (χ4n) is 2.04. The smallest absolute Gasteiger partial charge is 0.126 e. The van der Waals surface area contributed by atoms with E-state index in [1.165, 1.54) is 6.07 Å². The van der Waals surface area contributed by atoms with Crippen molar-refractivity contribution >= 4 is 11.6 Å². The molecule has 0 spiro atoms. The van der Waals surface area contributed by atoms with Gasteiger partial charge < -0.3 is 4.74 Å². The van der Waals surface area contributed by atoms with Gasteiger partial charge in [-0.25, -0.2) is 4.39 Å². The zero-order valence-corrected chi connectivity index (χ0v) is 12.6. The molecule has 1 atom stereocenters. The van der Waals surface area contributed by atoms with Crippen LogP contribution in [-0.2, 0) is 0 Å². The number of ether oxygens (including phenoxy) is 1. The molecule has 0 heterocycles. The monoisotopic (exact) mass is 292 g/mol. The predicted octanol–water partition coefficient (Wildman–Crippen LogP) is 5.25. The van der Waals surface area contributed by atoms with Gasteiger partial charge in [0.15, 0.2) is 0 Å². The van der Waals surface area contributed by atoms with E-state index in [1.807, 2.05) is 38.1 Å². The molecule has 20 heavy (non-hydrogen) atoms. The lowest BCUT2D eigenvalue weighted by molar-refractivity contribution is 0.242. The summed E-state index contributed by atoms with van der Waals surface area (Å²) in [6, 6.07) is 12.6. The van der Waals surface area contributed by atoms with Gasteiger partial charge in [-0.05, 0) is 55.7 Å². The molecule has 106 valence electrons. The van der Waals surface area contributed by atoms with E-state index in [-0.39, 0.29) is 17.3 Å². The van der Waals surface area contributed by atoms with Crippen molar-refractivity contribution in [3.63, 3.8) is 0 Å². The van der Waals surface area contributed by atoms with Crippen molar-refractivity contribution in [1.82, 2.24) is 0 Å². The summed E-state index contributed by atoms with van der Waals surface area (Å²) in [5.41, 5.74) is 2.42. The molecule has 0 amide bonds. The van der Waals surface area contributed by atoms with Crippen LogP contribution < -0.4 is 4.74 Å². The van der Waals surface area contributed by atoms with E-state index < -0.39 is 0 Å². The van der Waals surface area contributed by atoms with E-state index >= 15 is 0 Å². The van der Waals surface area contributed by atoms with Crippen molar-refractivity contribution in [2.24, 2.45) is 0 Å². The first-order valence-corrected chi connectivity index (χ1v) is 7.07. The summed E-state index contributed by atoms with van der Waals surface area (Å²) in [4.78, 5) is 0. The molecule has 2 aromatic carbocycles. The largest absolute Gasteiger partial charge is 0.491 e. The van der Waals surface area contributed by atoms with Crippen molar-refractivity contribution in [3.05, 3.63) is 65.0 Å². The van der Waals surface area contributed by atoms with E-state index in [9.17, 15) is 4.39 Å². The summed E-state index contributed by atoms with van der Waals surface area (Å²) in [5, 5.41) is -0.315. The molecule has 0 bridgehead atoms. The van der Waals surface area contributed by atoms with Gasteiger partial charge in [-0.2, -0.15) is 0 Å². The van der Waals surface area contributed by atoms with Gasteiger partial charge >= 0.3 is 0 Å². The molecule has 1 unspecified atom stereocenters. The summed E-state index contributed by atoms with van der Waals surface area (Å²) >= 11 is 6.49. The van der Waals surface area contributed by atoms with Gasteiger partial charge in [0.25, 0.3) is 0 Å². The highest BCUT2D eigenvalue weighted by molar-refractivity contribution is 6.22. The maximum atomic E-state index is 13.3. The van der Waals surface area contributed by atoms with Gasteiger partial charge in [0, 0.05) is 0 Å². The molecule has 2 aromatic rings. The molecule has 0 aliphatic heterocycles. The van der Waals surface area contributed by atoms with Gasteiger partial charge in [-0.3, -0.25) is 0 Å². The van der Waals surface area contributed by atoms with E-state index in [2.05, 4.69) is 0 Å². The van der Waals surface area contributed by atoms with Crippen LogP contribution in [0.15, 0.2) is 42.5 Å². The average molecular weight is 293 g/mol. The van der Waals surface area contributed by atoms with Crippen LogP contribution in [0.5, 0.6) is 5.75 Å². The molecular formula is C17H18ClFO.